The predicted octanol–water partition coefficient (Wildman–Crippen LogP) is 16.0. The number of hydrogen-bond donors (Lipinski definition) is 0. The van der Waals surface area contributed by atoms with Crippen molar-refractivity contribution in [3.63, 3.8) is 0 Å². The van der Waals surface area contributed by atoms with Gasteiger partial charge in [0, 0.05) is 33.4 Å². The molecular formula is C59H43NO. The average Bonchev–Trinajstić information content (AvgIpc) is 3.93. The Morgan fingerprint density at radius 1 is 0.377 bits per heavy atom. The van der Waals surface area contributed by atoms with Gasteiger partial charge >= 0.3 is 0 Å². The normalized spacial score (nSPS) is 13.3. The van der Waals surface area contributed by atoms with Crippen LogP contribution >= 0.6 is 0 Å². The summed E-state index contributed by atoms with van der Waals surface area (Å²) >= 11 is 0. The van der Waals surface area contributed by atoms with E-state index in [-0.39, 0.29) is 5.41 Å². The maximum atomic E-state index is 6.48. The Labute approximate surface area is 357 Å². The molecule has 0 fully saturated rings. The Kier molecular flexibility index (Phi) is 7.74. The van der Waals surface area contributed by atoms with Gasteiger partial charge in [-0.25, -0.2) is 0 Å². The average molecular weight is 782 g/mol. The molecule has 0 unspecified atom stereocenters. The molecule has 1 spiro atoms. The molecule has 290 valence electrons. The summed E-state index contributed by atoms with van der Waals surface area (Å²) in [4.78, 5) is 2.42. The van der Waals surface area contributed by atoms with Gasteiger partial charge in [-0.05, 0) is 115 Å². The van der Waals surface area contributed by atoms with E-state index < -0.39 is 5.41 Å². The Hall–Kier alpha value is -7.42. The molecule has 0 saturated heterocycles. The zero-order valence-electron chi connectivity index (χ0n) is 34.5. The van der Waals surface area contributed by atoms with E-state index in [4.69, 9.17) is 4.42 Å². The highest BCUT2D eigenvalue weighted by atomic mass is 16.3. The van der Waals surface area contributed by atoms with Crippen molar-refractivity contribution in [3.05, 3.63) is 234 Å². The fourth-order valence-electron chi connectivity index (χ4n) is 10.4. The molecule has 2 aliphatic carbocycles. The molecule has 0 N–H and O–H groups in total. The van der Waals surface area contributed by atoms with Crippen LogP contribution in [-0.4, -0.2) is 0 Å². The maximum absolute atomic E-state index is 6.48. The third kappa shape index (κ3) is 5.28. The number of anilines is 3. The summed E-state index contributed by atoms with van der Waals surface area (Å²) in [7, 11) is 0. The Bertz CT molecular complexity index is 3280. The van der Waals surface area contributed by atoms with E-state index in [2.05, 4.69) is 226 Å². The van der Waals surface area contributed by atoms with Crippen LogP contribution in [0.2, 0.25) is 0 Å². The number of benzene rings is 9. The number of nitrogens with zero attached hydrogens (tertiary/aromatic N) is 1. The summed E-state index contributed by atoms with van der Waals surface area (Å²) < 4.78 is 6.48. The first kappa shape index (κ1) is 35.5. The van der Waals surface area contributed by atoms with Gasteiger partial charge < -0.3 is 9.32 Å². The summed E-state index contributed by atoms with van der Waals surface area (Å²) in [6, 6.07) is 76.0. The molecule has 0 saturated carbocycles. The smallest absolute Gasteiger partial charge is 0.143 e. The molecule has 0 bridgehead atoms. The minimum atomic E-state index is -0.465. The number of fused-ring (bicyclic) bond motifs is 13. The predicted molar refractivity (Wildman–Crippen MR) is 254 cm³/mol. The Morgan fingerprint density at radius 3 is 1.57 bits per heavy atom. The SMILES string of the molecule is CC(C)(C)c1ccc2c(c1)C1(c3ccccc3-c3ccccc31)c1cc(N(c3ccc(-c4ccccc4)cc3)c3ccc(-c4cccc5c4oc4ccccc45)cc3)ccc1-2. The molecule has 9 aromatic carbocycles. The van der Waals surface area contributed by atoms with Crippen molar-refractivity contribution in [1.29, 1.82) is 0 Å². The van der Waals surface area contributed by atoms with Crippen molar-refractivity contribution in [2.45, 2.75) is 31.6 Å². The highest BCUT2D eigenvalue weighted by molar-refractivity contribution is 6.09. The third-order valence-corrected chi connectivity index (χ3v) is 13.3. The number of para-hydroxylation sites is 2. The molecule has 0 amide bonds. The monoisotopic (exact) mass is 781 g/mol. The lowest BCUT2D eigenvalue weighted by molar-refractivity contribution is 0.588. The molecule has 12 rings (SSSR count). The largest absolute Gasteiger partial charge is 0.455 e. The lowest BCUT2D eigenvalue weighted by Gasteiger charge is -2.33. The van der Waals surface area contributed by atoms with Gasteiger partial charge in [-0.1, -0.05) is 185 Å². The highest BCUT2D eigenvalue weighted by Gasteiger charge is 2.52. The number of furan rings is 1. The van der Waals surface area contributed by atoms with Crippen LogP contribution in [0.1, 0.15) is 48.6 Å². The maximum Gasteiger partial charge on any atom is 0.143 e. The fourth-order valence-corrected chi connectivity index (χ4v) is 10.4. The van der Waals surface area contributed by atoms with Gasteiger partial charge in [0.15, 0.2) is 0 Å². The van der Waals surface area contributed by atoms with Crippen LogP contribution in [0.15, 0.2) is 211 Å². The summed E-state index contributed by atoms with van der Waals surface area (Å²) in [5.74, 6) is 0. The van der Waals surface area contributed by atoms with Crippen LogP contribution < -0.4 is 4.90 Å². The quantitative estimate of drug-likeness (QED) is 0.173. The molecule has 2 aliphatic rings. The molecule has 10 aromatic rings. The summed E-state index contributed by atoms with van der Waals surface area (Å²) in [6.45, 7) is 6.96. The lowest BCUT2D eigenvalue weighted by Crippen LogP contribution is -2.27. The van der Waals surface area contributed by atoms with Crippen molar-refractivity contribution >= 4 is 39.0 Å². The van der Waals surface area contributed by atoms with Crippen molar-refractivity contribution in [1.82, 2.24) is 0 Å². The van der Waals surface area contributed by atoms with Crippen LogP contribution in [0, 0.1) is 0 Å². The van der Waals surface area contributed by atoms with E-state index in [9.17, 15) is 0 Å². The van der Waals surface area contributed by atoms with Gasteiger partial charge in [-0.15, -0.1) is 0 Å². The Morgan fingerprint density at radius 2 is 0.885 bits per heavy atom. The lowest BCUT2D eigenvalue weighted by atomic mass is 9.69. The number of hydrogen-bond acceptors (Lipinski definition) is 2. The number of rotatable bonds is 5. The van der Waals surface area contributed by atoms with E-state index in [0.717, 1.165) is 50.1 Å². The first-order valence-corrected chi connectivity index (χ1v) is 21.3. The topological polar surface area (TPSA) is 16.4 Å². The molecule has 1 aromatic heterocycles. The van der Waals surface area contributed by atoms with Gasteiger partial charge in [0.05, 0.1) is 5.41 Å². The summed E-state index contributed by atoms with van der Waals surface area (Å²) in [5, 5.41) is 2.27. The summed E-state index contributed by atoms with van der Waals surface area (Å²) in [6.07, 6.45) is 0. The van der Waals surface area contributed by atoms with E-state index in [1.165, 1.54) is 61.2 Å². The van der Waals surface area contributed by atoms with Crippen LogP contribution in [0.5, 0.6) is 0 Å². The summed E-state index contributed by atoms with van der Waals surface area (Å²) in [5.41, 5.74) is 21.2. The van der Waals surface area contributed by atoms with E-state index >= 15 is 0 Å². The van der Waals surface area contributed by atoms with Crippen molar-refractivity contribution < 1.29 is 4.42 Å². The van der Waals surface area contributed by atoms with E-state index in [0.29, 0.717) is 0 Å². The zero-order valence-corrected chi connectivity index (χ0v) is 34.5. The molecular weight excluding hydrogens is 739 g/mol. The van der Waals surface area contributed by atoms with Crippen LogP contribution in [-0.2, 0) is 10.8 Å². The Balaban J connectivity index is 1.06. The van der Waals surface area contributed by atoms with Crippen molar-refractivity contribution in [2.24, 2.45) is 0 Å². The minimum Gasteiger partial charge on any atom is -0.455 e. The third-order valence-electron chi connectivity index (χ3n) is 13.3. The van der Waals surface area contributed by atoms with E-state index in [1.807, 2.05) is 6.07 Å². The molecule has 61 heavy (non-hydrogen) atoms. The van der Waals surface area contributed by atoms with Gasteiger partial charge in [0.2, 0.25) is 0 Å². The van der Waals surface area contributed by atoms with Gasteiger partial charge in [-0.2, -0.15) is 0 Å². The molecule has 2 nitrogen and oxygen atoms in total. The van der Waals surface area contributed by atoms with Crippen molar-refractivity contribution in [2.75, 3.05) is 4.90 Å². The van der Waals surface area contributed by atoms with E-state index in [1.54, 1.807) is 0 Å². The van der Waals surface area contributed by atoms with Gasteiger partial charge in [0.1, 0.15) is 11.2 Å². The van der Waals surface area contributed by atoms with Crippen LogP contribution in [0.4, 0.5) is 17.1 Å². The van der Waals surface area contributed by atoms with Crippen molar-refractivity contribution in [3.8, 4) is 44.5 Å². The molecule has 2 heteroatoms. The van der Waals surface area contributed by atoms with Crippen LogP contribution in [0.3, 0.4) is 0 Å². The highest BCUT2D eigenvalue weighted by Crippen LogP contribution is 2.63. The van der Waals surface area contributed by atoms with Gasteiger partial charge in [0.25, 0.3) is 0 Å². The first-order chi connectivity index (χ1) is 29.9. The second kappa shape index (κ2) is 13.3. The molecule has 0 radical (unpaired) electrons. The fraction of sp³-hybridized carbons (Fsp3) is 0.0847. The first-order valence-electron chi connectivity index (χ1n) is 21.3. The minimum absolute atomic E-state index is 0.00139. The zero-order chi connectivity index (χ0) is 40.9. The van der Waals surface area contributed by atoms with Gasteiger partial charge in [-0.3, -0.25) is 0 Å². The second-order valence-electron chi connectivity index (χ2n) is 17.7. The standard InChI is InChI=1S/C59H43NO/c1-58(2,3)41-28-34-48-49-35-33-44(37-55(49)59(54(48)36-41)52-21-10-7-16-46(52)47-17-8-11-22-53(47)59)60(42-29-24-39(25-30-42)38-14-5-4-6-15-38)43-31-26-40(27-32-43)45-19-13-20-51-50-18-9-12-23-56(50)61-57(45)51/h4-37H,1-3H3. The molecule has 0 aliphatic heterocycles. The second-order valence-corrected chi connectivity index (χ2v) is 17.7. The van der Waals surface area contributed by atoms with Crippen LogP contribution in [0.25, 0.3) is 66.4 Å². The molecule has 0 atom stereocenters. The molecule has 1 heterocycles.